The number of nitrogens with zero attached hydrogens (tertiary/aromatic N) is 4. The summed E-state index contributed by atoms with van der Waals surface area (Å²) in [6.45, 7) is 6.37. The Morgan fingerprint density at radius 1 is 1.46 bits per heavy atom. The van der Waals surface area contributed by atoms with Gasteiger partial charge < -0.3 is 14.1 Å². The molecule has 0 atom stereocenters. The number of morpholine rings is 1. The molecule has 0 N–H and O–H groups in total. The van der Waals surface area contributed by atoms with Crippen molar-refractivity contribution in [2.75, 3.05) is 37.7 Å². The smallest absolute Gasteiger partial charge is 0.266 e. The van der Waals surface area contributed by atoms with Crippen molar-refractivity contribution < 1.29 is 13.9 Å². The zero-order valence-electron chi connectivity index (χ0n) is 12.7. The third-order valence-corrected chi connectivity index (χ3v) is 4.85. The molecule has 0 radical (unpaired) electrons. The van der Waals surface area contributed by atoms with Crippen LogP contribution in [0.2, 0.25) is 0 Å². The molecular formula is C15H14N4O3S2. The largest absolute Gasteiger partial charge is 0.420 e. The standard InChI is InChI=1S/C15H14N4O3S2/c1-2-3-19-13(20)11(24-15(19)23)8-12-17-10(9-16)14(22-12)18-4-6-21-7-5-18/h2,8H,1,3-7H2/b11-8+. The number of carbonyl (C=O) groups is 1. The fourth-order valence-electron chi connectivity index (χ4n) is 2.34. The predicted octanol–water partition coefficient (Wildman–Crippen LogP) is 1.77. The molecule has 0 saturated carbocycles. The highest BCUT2D eigenvalue weighted by molar-refractivity contribution is 8.26. The number of hydrogen-bond donors (Lipinski definition) is 0. The zero-order valence-corrected chi connectivity index (χ0v) is 14.4. The minimum Gasteiger partial charge on any atom is -0.420 e. The average molecular weight is 362 g/mol. The number of hydrogen-bond acceptors (Lipinski definition) is 8. The molecule has 1 aromatic heterocycles. The molecule has 3 heterocycles. The molecule has 2 aliphatic heterocycles. The van der Waals surface area contributed by atoms with Crippen LogP contribution in [0.25, 0.3) is 6.08 Å². The van der Waals surface area contributed by atoms with Crippen molar-refractivity contribution in [3.05, 3.63) is 29.1 Å². The van der Waals surface area contributed by atoms with Crippen LogP contribution in [0, 0.1) is 11.3 Å². The monoisotopic (exact) mass is 362 g/mol. The third-order valence-electron chi connectivity index (χ3n) is 3.47. The zero-order chi connectivity index (χ0) is 17.1. The summed E-state index contributed by atoms with van der Waals surface area (Å²) in [5, 5.41) is 9.27. The lowest BCUT2D eigenvalue weighted by atomic mass is 10.4. The molecule has 2 saturated heterocycles. The van der Waals surface area contributed by atoms with Gasteiger partial charge in [0.15, 0.2) is 0 Å². The van der Waals surface area contributed by atoms with E-state index in [-0.39, 0.29) is 17.5 Å². The Balaban J connectivity index is 1.87. The Morgan fingerprint density at radius 2 is 2.21 bits per heavy atom. The van der Waals surface area contributed by atoms with Gasteiger partial charge in [0.25, 0.3) is 5.91 Å². The Kier molecular flexibility index (Phi) is 4.99. The molecule has 1 aromatic rings. The van der Waals surface area contributed by atoms with E-state index in [0.717, 1.165) is 0 Å². The Hall–Kier alpha value is -2.15. The predicted molar refractivity (Wildman–Crippen MR) is 94.3 cm³/mol. The van der Waals surface area contributed by atoms with E-state index in [0.29, 0.717) is 48.0 Å². The first-order valence-electron chi connectivity index (χ1n) is 7.24. The molecule has 3 rings (SSSR count). The summed E-state index contributed by atoms with van der Waals surface area (Å²) in [7, 11) is 0. The lowest BCUT2D eigenvalue weighted by Crippen LogP contribution is -2.36. The third kappa shape index (κ3) is 3.21. The Morgan fingerprint density at radius 3 is 2.88 bits per heavy atom. The number of ether oxygens (including phenoxy) is 1. The van der Waals surface area contributed by atoms with Crippen LogP contribution in [-0.2, 0) is 9.53 Å². The molecule has 0 aromatic carbocycles. The van der Waals surface area contributed by atoms with Crippen molar-refractivity contribution in [3.63, 3.8) is 0 Å². The van der Waals surface area contributed by atoms with E-state index in [2.05, 4.69) is 11.6 Å². The minimum atomic E-state index is -0.213. The molecule has 124 valence electrons. The Labute approximate surface area is 148 Å². The van der Waals surface area contributed by atoms with E-state index in [4.69, 9.17) is 21.4 Å². The summed E-state index contributed by atoms with van der Waals surface area (Å²) >= 11 is 6.37. The number of thioether (sulfide) groups is 1. The molecule has 0 aliphatic carbocycles. The first-order chi connectivity index (χ1) is 11.6. The second-order valence-corrected chi connectivity index (χ2v) is 6.67. The van der Waals surface area contributed by atoms with Gasteiger partial charge in [0.1, 0.15) is 10.4 Å². The number of amides is 1. The van der Waals surface area contributed by atoms with Crippen LogP contribution in [-0.4, -0.2) is 53.0 Å². The fraction of sp³-hybridized carbons (Fsp3) is 0.333. The van der Waals surface area contributed by atoms with Gasteiger partial charge in [-0.1, -0.05) is 30.1 Å². The maximum atomic E-state index is 12.3. The van der Waals surface area contributed by atoms with E-state index < -0.39 is 0 Å². The van der Waals surface area contributed by atoms with E-state index in [1.165, 1.54) is 22.7 Å². The molecule has 2 aliphatic rings. The molecular weight excluding hydrogens is 348 g/mol. The lowest BCUT2D eigenvalue weighted by molar-refractivity contribution is -0.121. The van der Waals surface area contributed by atoms with Crippen LogP contribution in [0.5, 0.6) is 0 Å². The van der Waals surface area contributed by atoms with E-state index in [1.54, 1.807) is 6.08 Å². The molecule has 0 bridgehead atoms. The van der Waals surface area contributed by atoms with Crippen molar-refractivity contribution in [2.45, 2.75) is 0 Å². The second-order valence-electron chi connectivity index (χ2n) is 5.00. The second kappa shape index (κ2) is 7.17. The summed E-state index contributed by atoms with van der Waals surface area (Å²) in [5.74, 6) is 0.412. The van der Waals surface area contributed by atoms with Crippen molar-refractivity contribution in [2.24, 2.45) is 0 Å². The normalized spacial score (nSPS) is 19.9. The number of thiocarbonyl (C=S) groups is 1. The summed E-state index contributed by atoms with van der Waals surface area (Å²) in [6, 6.07) is 2.03. The highest BCUT2D eigenvalue weighted by Crippen LogP contribution is 2.33. The fourth-order valence-corrected chi connectivity index (χ4v) is 3.58. The van der Waals surface area contributed by atoms with Gasteiger partial charge in [-0.25, -0.2) is 0 Å². The molecule has 7 nitrogen and oxygen atoms in total. The van der Waals surface area contributed by atoms with Crippen LogP contribution >= 0.6 is 24.0 Å². The van der Waals surface area contributed by atoms with E-state index in [1.807, 2.05) is 11.0 Å². The lowest BCUT2D eigenvalue weighted by Gasteiger charge is -2.25. The van der Waals surface area contributed by atoms with Crippen LogP contribution in [0.15, 0.2) is 22.0 Å². The number of nitriles is 1. The van der Waals surface area contributed by atoms with Gasteiger partial charge in [0.2, 0.25) is 17.5 Å². The SMILES string of the molecule is C=CCN1C(=O)/C(=C\c2nc(C#N)c(N3CCOCC3)o2)SC1=S. The molecule has 9 heteroatoms. The quantitative estimate of drug-likeness (QED) is 0.455. The number of rotatable bonds is 4. The first-order valence-corrected chi connectivity index (χ1v) is 8.46. The van der Waals surface area contributed by atoms with Crippen molar-refractivity contribution >= 4 is 46.2 Å². The van der Waals surface area contributed by atoms with Gasteiger partial charge in [0, 0.05) is 25.7 Å². The number of carbonyl (C=O) groups excluding carboxylic acids is 1. The topological polar surface area (TPSA) is 82.6 Å². The van der Waals surface area contributed by atoms with Crippen LogP contribution in [0.1, 0.15) is 11.6 Å². The summed E-state index contributed by atoms with van der Waals surface area (Å²) < 4.78 is 11.5. The van der Waals surface area contributed by atoms with Gasteiger partial charge >= 0.3 is 0 Å². The minimum absolute atomic E-state index is 0.199. The molecule has 0 unspecified atom stereocenters. The maximum absolute atomic E-state index is 12.3. The summed E-state index contributed by atoms with van der Waals surface area (Å²) in [5.41, 5.74) is 0.199. The molecule has 0 spiro atoms. The van der Waals surface area contributed by atoms with Crippen LogP contribution < -0.4 is 4.90 Å². The summed E-state index contributed by atoms with van der Waals surface area (Å²) in [6.07, 6.45) is 3.14. The van der Waals surface area contributed by atoms with Gasteiger partial charge in [0.05, 0.1) is 18.1 Å². The highest BCUT2D eigenvalue weighted by Gasteiger charge is 2.32. The van der Waals surface area contributed by atoms with E-state index in [9.17, 15) is 10.1 Å². The van der Waals surface area contributed by atoms with Gasteiger partial charge in [-0.05, 0) is 0 Å². The average Bonchev–Trinajstić information content (AvgIpc) is 3.12. The van der Waals surface area contributed by atoms with Crippen molar-refractivity contribution in [3.8, 4) is 6.07 Å². The Bertz CT molecular complexity index is 759. The number of oxazole rings is 1. The number of aromatic nitrogens is 1. The first kappa shape index (κ1) is 16.7. The van der Waals surface area contributed by atoms with Gasteiger partial charge in [-0.15, -0.1) is 6.58 Å². The van der Waals surface area contributed by atoms with Crippen molar-refractivity contribution in [1.29, 1.82) is 5.26 Å². The van der Waals surface area contributed by atoms with Gasteiger partial charge in [-0.2, -0.15) is 10.2 Å². The van der Waals surface area contributed by atoms with Crippen LogP contribution in [0.3, 0.4) is 0 Å². The highest BCUT2D eigenvalue weighted by atomic mass is 32.2. The van der Waals surface area contributed by atoms with Crippen molar-refractivity contribution in [1.82, 2.24) is 9.88 Å². The van der Waals surface area contributed by atoms with Gasteiger partial charge in [-0.3, -0.25) is 9.69 Å². The molecule has 2 fully saturated rings. The molecule has 24 heavy (non-hydrogen) atoms. The summed E-state index contributed by atoms with van der Waals surface area (Å²) in [4.78, 5) is 20.3. The molecule has 1 amide bonds. The maximum Gasteiger partial charge on any atom is 0.266 e. The number of anilines is 1. The van der Waals surface area contributed by atoms with E-state index >= 15 is 0 Å². The van der Waals surface area contributed by atoms with Crippen LogP contribution in [0.4, 0.5) is 5.88 Å².